The van der Waals surface area contributed by atoms with Gasteiger partial charge in [-0.05, 0) is 36.2 Å². The number of imidazole rings is 1. The van der Waals surface area contributed by atoms with Gasteiger partial charge in [-0.25, -0.2) is 4.98 Å². The standard InChI is InChI=1S/C23H21N3O/c1-2-20(17-9-4-3-5-10-17)23(27)24-19-12-8-11-18(15-19)21-16-26-14-7-6-13-22(26)25-21/h3-16,20H,2H2,1H3,(H,24,27)/t20-/m1/s1. The lowest BCUT2D eigenvalue weighted by Crippen LogP contribution is -2.20. The lowest BCUT2D eigenvalue weighted by Gasteiger charge is -2.15. The van der Waals surface area contributed by atoms with Gasteiger partial charge in [0.2, 0.25) is 5.91 Å². The highest BCUT2D eigenvalue weighted by Gasteiger charge is 2.18. The molecule has 4 heteroatoms. The number of pyridine rings is 1. The van der Waals surface area contributed by atoms with Crippen LogP contribution in [0.5, 0.6) is 0 Å². The molecule has 0 aliphatic heterocycles. The first-order valence-electron chi connectivity index (χ1n) is 9.14. The van der Waals surface area contributed by atoms with Crippen LogP contribution in [0.25, 0.3) is 16.9 Å². The van der Waals surface area contributed by atoms with E-state index in [9.17, 15) is 4.79 Å². The van der Waals surface area contributed by atoms with E-state index in [2.05, 4.69) is 10.3 Å². The first-order chi connectivity index (χ1) is 13.2. The van der Waals surface area contributed by atoms with Gasteiger partial charge in [0.05, 0.1) is 11.6 Å². The van der Waals surface area contributed by atoms with Crippen LogP contribution in [-0.2, 0) is 4.79 Å². The Kier molecular flexibility index (Phi) is 4.71. The van der Waals surface area contributed by atoms with Crippen LogP contribution in [0.2, 0.25) is 0 Å². The second-order valence-corrected chi connectivity index (χ2v) is 6.53. The summed E-state index contributed by atoms with van der Waals surface area (Å²) in [6.45, 7) is 2.03. The van der Waals surface area contributed by atoms with Gasteiger partial charge in [0.1, 0.15) is 5.65 Å². The molecular formula is C23H21N3O. The summed E-state index contributed by atoms with van der Waals surface area (Å²) in [4.78, 5) is 17.5. The Morgan fingerprint density at radius 3 is 2.63 bits per heavy atom. The van der Waals surface area contributed by atoms with E-state index in [0.717, 1.165) is 34.6 Å². The fourth-order valence-electron chi connectivity index (χ4n) is 3.32. The zero-order valence-corrected chi connectivity index (χ0v) is 15.2. The zero-order valence-electron chi connectivity index (χ0n) is 15.2. The Morgan fingerprint density at radius 2 is 1.85 bits per heavy atom. The van der Waals surface area contributed by atoms with Crippen molar-refractivity contribution in [3.8, 4) is 11.3 Å². The Labute approximate surface area is 158 Å². The minimum absolute atomic E-state index is 0.0100. The number of carbonyl (C=O) groups is 1. The van der Waals surface area contributed by atoms with Crippen molar-refractivity contribution in [3.05, 3.63) is 90.8 Å². The molecule has 27 heavy (non-hydrogen) atoms. The van der Waals surface area contributed by atoms with Gasteiger partial charge in [-0.3, -0.25) is 4.79 Å². The van der Waals surface area contributed by atoms with E-state index in [-0.39, 0.29) is 11.8 Å². The van der Waals surface area contributed by atoms with Crippen LogP contribution in [0.3, 0.4) is 0 Å². The largest absolute Gasteiger partial charge is 0.326 e. The second kappa shape index (κ2) is 7.46. The van der Waals surface area contributed by atoms with Crippen molar-refractivity contribution >= 4 is 17.2 Å². The number of nitrogens with one attached hydrogen (secondary N) is 1. The van der Waals surface area contributed by atoms with Crippen molar-refractivity contribution in [2.75, 3.05) is 5.32 Å². The Bertz CT molecular complexity index is 1040. The molecule has 2 aromatic carbocycles. The molecule has 4 rings (SSSR count). The summed E-state index contributed by atoms with van der Waals surface area (Å²) in [5.41, 5.74) is 4.58. The van der Waals surface area contributed by atoms with Gasteiger partial charge < -0.3 is 9.72 Å². The van der Waals surface area contributed by atoms with Gasteiger partial charge in [0.25, 0.3) is 0 Å². The van der Waals surface area contributed by atoms with E-state index in [1.54, 1.807) is 0 Å². The molecule has 0 saturated carbocycles. The number of hydrogen-bond donors (Lipinski definition) is 1. The molecule has 0 spiro atoms. The summed E-state index contributed by atoms with van der Waals surface area (Å²) in [7, 11) is 0. The van der Waals surface area contributed by atoms with Crippen molar-refractivity contribution in [2.24, 2.45) is 0 Å². The molecule has 1 amide bonds. The van der Waals surface area contributed by atoms with Gasteiger partial charge >= 0.3 is 0 Å². The first kappa shape index (κ1) is 17.0. The summed E-state index contributed by atoms with van der Waals surface area (Å²) >= 11 is 0. The summed E-state index contributed by atoms with van der Waals surface area (Å²) in [6, 6.07) is 23.6. The van der Waals surface area contributed by atoms with Gasteiger partial charge in [-0.1, -0.05) is 55.5 Å². The van der Waals surface area contributed by atoms with Gasteiger partial charge in [0.15, 0.2) is 0 Å². The number of rotatable bonds is 5. The molecule has 2 aromatic heterocycles. The van der Waals surface area contributed by atoms with Crippen LogP contribution < -0.4 is 5.32 Å². The molecular weight excluding hydrogens is 334 g/mol. The summed E-state index contributed by atoms with van der Waals surface area (Å²) in [5, 5.41) is 3.06. The van der Waals surface area contributed by atoms with Crippen LogP contribution in [0.1, 0.15) is 24.8 Å². The number of carbonyl (C=O) groups excluding carboxylic acids is 1. The fourth-order valence-corrected chi connectivity index (χ4v) is 3.32. The molecule has 0 saturated heterocycles. The van der Waals surface area contributed by atoms with Crippen molar-refractivity contribution in [2.45, 2.75) is 19.3 Å². The number of nitrogens with zero attached hydrogens (tertiary/aromatic N) is 2. The van der Waals surface area contributed by atoms with E-state index >= 15 is 0 Å². The Balaban J connectivity index is 1.58. The van der Waals surface area contributed by atoms with Crippen LogP contribution in [0, 0.1) is 0 Å². The van der Waals surface area contributed by atoms with E-state index < -0.39 is 0 Å². The molecule has 134 valence electrons. The number of hydrogen-bond acceptors (Lipinski definition) is 2. The lowest BCUT2D eigenvalue weighted by molar-refractivity contribution is -0.117. The van der Waals surface area contributed by atoms with Crippen LogP contribution in [-0.4, -0.2) is 15.3 Å². The van der Waals surface area contributed by atoms with Gasteiger partial charge in [-0.2, -0.15) is 0 Å². The Hall–Kier alpha value is -3.40. The summed E-state index contributed by atoms with van der Waals surface area (Å²) in [6.07, 6.45) is 4.72. The molecule has 1 atom stereocenters. The molecule has 4 aromatic rings. The smallest absolute Gasteiger partial charge is 0.231 e. The predicted molar refractivity (Wildman–Crippen MR) is 109 cm³/mol. The van der Waals surface area contributed by atoms with E-state index in [1.807, 2.05) is 96.5 Å². The number of anilines is 1. The molecule has 0 radical (unpaired) electrons. The van der Waals surface area contributed by atoms with Crippen LogP contribution in [0.4, 0.5) is 5.69 Å². The SMILES string of the molecule is CC[C@@H](C(=O)Nc1cccc(-c2cn3ccccc3n2)c1)c1ccccc1. The monoisotopic (exact) mass is 355 g/mol. The number of amides is 1. The van der Waals surface area contributed by atoms with E-state index in [1.165, 1.54) is 0 Å². The third kappa shape index (κ3) is 3.60. The summed E-state index contributed by atoms with van der Waals surface area (Å²) < 4.78 is 1.99. The normalized spacial score (nSPS) is 12.0. The van der Waals surface area contributed by atoms with Crippen LogP contribution >= 0.6 is 0 Å². The maximum atomic E-state index is 12.8. The third-order valence-corrected chi connectivity index (χ3v) is 4.72. The highest BCUT2D eigenvalue weighted by Crippen LogP contribution is 2.25. The molecule has 0 aliphatic rings. The van der Waals surface area contributed by atoms with Crippen LogP contribution in [0.15, 0.2) is 85.2 Å². The molecule has 0 unspecified atom stereocenters. The third-order valence-electron chi connectivity index (χ3n) is 4.72. The first-order valence-corrected chi connectivity index (χ1v) is 9.14. The van der Waals surface area contributed by atoms with Crippen molar-refractivity contribution in [3.63, 3.8) is 0 Å². The number of benzene rings is 2. The quantitative estimate of drug-likeness (QED) is 0.539. The average molecular weight is 355 g/mol. The number of aromatic nitrogens is 2. The van der Waals surface area contributed by atoms with Gasteiger partial charge in [0, 0.05) is 23.6 Å². The number of fused-ring (bicyclic) bond motifs is 1. The predicted octanol–water partition coefficient (Wildman–Crippen LogP) is 5.13. The summed E-state index contributed by atoms with van der Waals surface area (Å²) in [5.74, 6) is -0.152. The fraction of sp³-hybridized carbons (Fsp3) is 0.130. The minimum Gasteiger partial charge on any atom is -0.326 e. The molecule has 0 aliphatic carbocycles. The highest BCUT2D eigenvalue weighted by molar-refractivity contribution is 5.96. The molecule has 0 bridgehead atoms. The lowest BCUT2D eigenvalue weighted by atomic mass is 9.95. The maximum Gasteiger partial charge on any atom is 0.231 e. The highest BCUT2D eigenvalue weighted by atomic mass is 16.1. The van der Waals surface area contributed by atoms with Crippen molar-refractivity contribution in [1.82, 2.24) is 9.38 Å². The molecule has 0 fully saturated rings. The van der Waals surface area contributed by atoms with Crippen molar-refractivity contribution in [1.29, 1.82) is 0 Å². The topological polar surface area (TPSA) is 46.4 Å². The molecule has 1 N–H and O–H groups in total. The van der Waals surface area contributed by atoms with Gasteiger partial charge in [-0.15, -0.1) is 0 Å². The second-order valence-electron chi connectivity index (χ2n) is 6.53. The molecule has 2 heterocycles. The Morgan fingerprint density at radius 1 is 1.04 bits per heavy atom. The van der Waals surface area contributed by atoms with Crippen molar-refractivity contribution < 1.29 is 4.79 Å². The zero-order chi connectivity index (χ0) is 18.6. The average Bonchev–Trinajstić information content (AvgIpc) is 3.14. The molecule has 4 nitrogen and oxygen atoms in total. The van der Waals surface area contributed by atoms with E-state index in [4.69, 9.17) is 0 Å². The minimum atomic E-state index is -0.162. The maximum absolute atomic E-state index is 12.8. The van der Waals surface area contributed by atoms with E-state index in [0.29, 0.717) is 0 Å².